The molecule has 0 amide bonds. The quantitative estimate of drug-likeness (QED) is 0.726. The highest BCUT2D eigenvalue weighted by Crippen LogP contribution is 2.27. The Hall–Kier alpha value is -1.29. The molecule has 4 nitrogen and oxygen atoms in total. The first kappa shape index (κ1) is 11.2. The average molecular weight is 222 g/mol. The van der Waals surface area contributed by atoms with Gasteiger partial charge in [-0.2, -0.15) is 0 Å². The number of anilines is 1. The zero-order valence-electron chi connectivity index (χ0n) is 10.0. The lowest BCUT2D eigenvalue weighted by atomic mass is 10.1. The second-order valence-electron chi connectivity index (χ2n) is 4.71. The Labute approximate surface area is 95.8 Å². The van der Waals surface area contributed by atoms with Gasteiger partial charge in [-0.1, -0.05) is 6.92 Å². The number of hydrogen-bond donors (Lipinski definition) is 0. The smallest absolute Gasteiger partial charge is 0.196 e. The largest absolute Gasteiger partial charge is 0.438 e. The van der Waals surface area contributed by atoms with Gasteiger partial charge in [0.25, 0.3) is 0 Å². The third-order valence-corrected chi connectivity index (χ3v) is 3.28. The third-order valence-electron chi connectivity index (χ3n) is 3.28. The van der Waals surface area contributed by atoms with Crippen molar-refractivity contribution in [1.29, 1.82) is 0 Å². The molecule has 1 saturated heterocycles. The Kier molecular flexibility index (Phi) is 3.01. The summed E-state index contributed by atoms with van der Waals surface area (Å²) in [4.78, 5) is 15.0. The van der Waals surface area contributed by atoms with Gasteiger partial charge in [0.2, 0.25) is 0 Å². The van der Waals surface area contributed by atoms with Crippen LogP contribution in [0.15, 0.2) is 16.5 Å². The number of furan rings is 1. The van der Waals surface area contributed by atoms with Gasteiger partial charge in [0, 0.05) is 25.2 Å². The number of rotatable bonds is 3. The monoisotopic (exact) mass is 222 g/mol. The lowest BCUT2D eigenvalue weighted by molar-refractivity contribution is 0.110. The summed E-state index contributed by atoms with van der Waals surface area (Å²) in [6.45, 7) is 4.18. The van der Waals surface area contributed by atoms with Crippen LogP contribution in [0.3, 0.4) is 0 Å². The molecule has 0 aromatic carbocycles. The molecule has 0 N–H and O–H groups in total. The Morgan fingerprint density at radius 2 is 2.19 bits per heavy atom. The lowest BCUT2D eigenvalue weighted by Crippen LogP contribution is -2.34. The van der Waals surface area contributed by atoms with Crippen molar-refractivity contribution in [3.05, 3.63) is 17.9 Å². The number of hydrogen-bond acceptors (Lipinski definition) is 4. The van der Waals surface area contributed by atoms with Gasteiger partial charge in [0.15, 0.2) is 17.9 Å². The molecule has 2 unspecified atom stereocenters. The molecule has 1 aromatic heterocycles. The molecule has 16 heavy (non-hydrogen) atoms. The molecule has 2 atom stereocenters. The van der Waals surface area contributed by atoms with Gasteiger partial charge in [-0.05, 0) is 26.1 Å². The molecule has 88 valence electrons. The number of nitrogens with zero attached hydrogens (tertiary/aromatic N) is 2. The van der Waals surface area contributed by atoms with E-state index < -0.39 is 0 Å². The predicted octanol–water partition coefficient (Wildman–Crippen LogP) is 1.48. The summed E-state index contributed by atoms with van der Waals surface area (Å²) in [5.74, 6) is 1.81. The molecule has 2 rings (SSSR count). The first-order valence-corrected chi connectivity index (χ1v) is 5.58. The predicted molar refractivity (Wildman–Crippen MR) is 62.9 cm³/mol. The normalized spacial score (nSPS) is 25.4. The highest BCUT2D eigenvalue weighted by Gasteiger charge is 2.32. The van der Waals surface area contributed by atoms with Gasteiger partial charge in [0.05, 0.1) is 0 Å². The number of carbonyl (C=O) groups excluding carboxylic acids is 1. The summed E-state index contributed by atoms with van der Waals surface area (Å²) in [5.41, 5.74) is 0. The number of carbonyl (C=O) groups is 1. The van der Waals surface area contributed by atoms with Gasteiger partial charge >= 0.3 is 0 Å². The first-order valence-electron chi connectivity index (χ1n) is 5.58. The summed E-state index contributed by atoms with van der Waals surface area (Å²) in [5, 5.41) is 0. The van der Waals surface area contributed by atoms with Crippen molar-refractivity contribution in [2.45, 2.75) is 13.0 Å². The van der Waals surface area contributed by atoms with E-state index in [4.69, 9.17) is 4.42 Å². The van der Waals surface area contributed by atoms with Crippen LogP contribution in [0, 0.1) is 5.92 Å². The molecule has 0 saturated carbocycles. The fraction of sp³-hybridized carbons (Fsp3) is 0.583. The van der Waals surface area contributed by atoms with Gasteiger partial charge in [-0.15, -0.1) is 0 Å². The van der Waals surface area contributed by atoms with Crippen LogP contribution in [0.5, 0.6) is 0 Å². The van der Waals surface area contributed by atoms with Crippen molar-refractivity contribution in [1.82, 2.24) is 4.90 Å². The number of likely N-dealkylation sites (N-methyl/N-ethyl adjacent to an activating group) is 1. The van der Waals surface area contributed by atoms with Gasteiger partial charge < -0.3 is 14.2 Å². The second-order valence-corrected chi connectivity index (χ2v) is 4.71. The van der Waals surface area contributed by atoms with Crippen LogP contribution in [-0.4, -0.2) is 44.4 Å². The van der Waals surface area contributed by atoms with E-state index in [9.17, 15) is 4.79 Å². The fourth-order valence-electron chi connectivity index (χ4n) is 2.38. The highest BCUT2D eigenvalue weighted by molar-refractivity contribution is 5.71. The maximum absolute atomic E-state index is 10.6. The van der Waals surface area contributed by atoms with E-state index >= 15 is 0 Å². The molecule has 1 aliphatic rings. The molecule has 0 radical (unpaired) electrons. The lowest BCUT2D eigenvalue weighted by Gasteiger charge is -2.22. The molecule has 0 aliphatic carbocycles. The van der Waals surface area contributed by atoms with E-state index in [1.54, 1.807) is 6.07 Å². The van der Waals surface area contributed by atoms with Crippen LogP contribution < -0.4 is 4.90 Å². The highest BCUT2D eigenvalue weighted by atomic mass is 16.4. The van der Waals surface area contributed by atoms with Crippen molar-refractivity contribution in [3.63, 3.8) is 0 Å². The van der Waals surface area contributed by atoms with Crippen molar-refractivity contribution in [3.8, 4) is 0 Å². The van der Waals surface area contributed by atoms with Gasteiger partial charge in [-0.25, -0.2) is 0 Å². The van der Waals surface area contributed by atoms with E-state index in [1.165, 1.54) is 0 Å². The summed E-state index contributed by atoms with van der Waals surface area (Å²) in [6.07, 6.45) is 0.742. The molecular formula is C12H18N2O2. The minimum absolute atomic E-state index is 0.399. The Bertz CT molecular complexity index is 373. The standard InChI is InChI=1S/C12H18N2O2/c1-9-6-14(7-11(9)13(2)3)12-5-4-10(8-15)16-12/h4-5,8-9,11H,6-7H2,1-3H3. The van der Waals surface area contributed by atoms with Crippen LogP contribution in [0.4, 0.5) is 5.88 Å². The summed E-state index contributed by atoms with van der Waals surface area (Å²) in [6, 6.07) is 4.13. The van der Waals surface area contributed by atoms with Crippen molar-refractivity contribution in [2.24, 2.45) is 5.92 Å². The van der Waals surface area contributed by atoms with Gasteiger partial charge in [0.1, 0.15) is 0 Å². The van der Waals surface area contributed by atoms with Gasteiger partial charge in [-0.3, -0.25) is 4.79 Å². The minimum atomic E-state index is 0.399. The molecule has 1 aliphatic heterocycles. The van der Waals surface area contributed by atoms with Crippen molar-refractivity contribution >= 4 is 12.2 Å². The van der Waals surface area contributed by atoms with E-state index in [0.29, 0.717) is 17.7 Å². The Morgan fingerprint density at radius 1 is 1.44 bits per heavy atom. The maximum atomic E-state index is 10.6. The molecular weight excluding hydrogens is 204 g/mol. The van der Waals surface area contributed by atoms with E-state index in [0.717, 1.165) is 25.3 Å². The molecule has 1 fully saturated rings. The van der Waals surface area contributed by atoms with Crippen LogP contribution in [0.2, 0.25) is 0 Å². The zero-order chi connectivity index (χ0) is 11.7. The molecule has 0 spiro atoms. The third kappa shape index (κ3) is 1.97. The number of aldehydes is 1. The van der Waals surface area contributed by atoms with Crippen LogP contribution in [-0.2, 0) is 0 Å². The maximum Gasteiger partial charge on any atom is 0.196 e. The summed E-state index contributed by atoms with van der Waals surface area (Å²) < 4.78 is 5.43. The molecule has 2 heterocycles. The fourth-order valence-corrected chi connectivity index (χ4v) is 2.38. The SMILES string of the molecule is CC1CN(c2ccc(C=O)o2)CC1N(C)C. The second kappa shape index (κ2) is 4.29. The van der Waals surface area contributed by atoms with E-state index in [1.807, 2.05) is 6.07 Å². The molecule has 0 bridgehead atoms. The molecule has 4 heteroatoms. The van der Waals surface area contributed by atoms with E-state index in [-0.39, 0.29) is 0 Å². The first-order chi connectivity index (χ1) is 7.61. The van der Waals surface area contributed by atoms with Crippen molar-refractivity contribution < 1.29 is 9.21 Å². The summed E-state index contributed by atoms with van der Waals surface area (Å²) >= 11 is 0. The Balaban J connectivity index is 2.10. The van der Waals surface area contributed by atoms with Crippen LogP contribution >= 0.6 is 0 Å². The van der Waals surface area contributed by atoms with Crippen molar-refractivity contribution in [2.75, 3.05) is 32.1 Å². The van der Waals surface area contributed by atoms with E-state index in [2.05, 4.69) is 30.8 Å². The van der Waals surface area contributed by atoms with Crippen LogP contribution in [0.1, 0.15) is 17.5 Å². The van der Waals surface area contributed by atoms with Crippen LogP contribution in [0.25, 0.3) is 0 Å². The Morgan fingerprint density at radius 3 is 2.69 bits per heavy atom. The topological polar surface area (TPSA) is 36.7 Å². The summed E-state index contributed by atoms with van der Waals surface area (Å²) in [7, 11) is 4.20. The zero-order valence-corrected chi connectivity index (χ0v) is 10.0. The average Bonchev–Trinajstić information content (AvgIpc) is 2.83. The molecule has 1 aromatic rings. The minimum Gasteiger partial charge on any atom is -0.438 e.